The van der Waals surface area contributed by atoms with Crippen molar-refractivity contribution in [3.63, 3.8) is 0 Å². The second-order valence-corrected chi connectivity index (χ2v) is 5.32. The first-order valence-electron chi connectivity index (χ1n) is 5.06. The molecule has 1 atom stereocenters. The van der Waals surface area contributed by atoms with E-state index in [0.717, 1.165) is 17.4 Å². The summed E-state index contributed by atoms with van der Waals surface area (Å²) in [5.74, 6) is 1.75. The van der Waals surface area contributed by atoms with Crippen LogP contribution in [-0.2, 0) is 5.75 Å². The number of nitrogen functional groups attached to an aromatic ring is 1. The Hall–Kier alpha value is -0.630. The van der Waals surface area contributed by atoms with Crippen molar-refractivity contribution in [3.8, 4) is 0 Å². The number of anilines is 1. The molecule has 0 heterocycles. The molecule has 0 spiro atoms. The molecule has 0 amide bonds. The molecule has 1 aromatic rings. The Labute approximate surface area is 91.1 Å². The molecular formula is C12H19NS. The van der Waals surface area contributed by atoms with E-state index in [0.29, 0.717) is 5.25 Å². The molecule has 0 saturated heterocycles. The SMILES string of the molecule is CC(C)C(C)SCc1ccccc1N. The van der Waals surface area contributed by atoms with Gasteiger partial charge in [0.15, 0.2) is 0 Å². The smallest absolute Gasteiger partial charge is 0.0355 e. The number of nitrogens with two attached hydrogens (primary N) is 1. The lowest BCUT2D eigenvalue weighted by Crippen LogP contribution is -2.06. The van der Waals surface area contributed by atoms with Gasteiger partial charge in [0.2, 0.25) is 0 Å². The molecule has 78 valence electrons. The second-order valence-electron chi connectivity index (χ2n) is 3.96. The van der Waals surface area contributed by atoms with Crippen molar-refractivity contribution < 1.29 is 0 Å². The van der Waals surface area contributed by atoms with Gasteiger partial charge in [0, 0.05) is 16.7 Å². The zero-order valence-electron chi connectivity index (χ0n) is 9.16. The molecule has 0 aliphatic carbocycles. The summed E-state index contributed by atoms with van der Waals surface area (Å²) in [4.78, 5) is 0. The molecule has 2 heteroatoms. The molecule has 0 fully saturated rings. The Kier molecular flexibility index (Phi) is 4.33. The number of benzene rings is 1. The Morgan fingerprint density at radius 1 is 1.21 bits per heavy atom. The highest BCUT2D eigenvalue weighted by molar-refractivity contribution is 7.99. The van der Waals surface area contributed by atoms with E-state index in [1.807, 2.05) is 30.0 Å². The first kappa shape index (κ1) is 11.4. The molecule has 1 aromatic carbocycles. The second kappa shape index (κ2) is 5.30. The van der Waals surface area contributed by atoms with Crippen LogP contribution in [0.3, 0.4) is 0 Å². The van der Waals surface area contributed by atoms with Crippen LogP contribution in [0.4, 0.5) is 5.69 Å². The first-order chi connectivity index (χ1) is 6.61. The molecule has 1 unspecified atom stereocenters. The highest BCUT2D eigenvalue weighted by Crippen LogP contribution is 2.25. The van der Waals surface area contributed by atoms with Crippen molar-refractivity contribution >= 4 is 17.4 Å². The maximum Gasteiger partial charge on any atom is 0.0355 e. The number of hydrogen-bond donors (Lipinski definition) is 1. The van der Waals surface area contributed by atoms with Gasteiger partial charge in [0.1, 0.15) is 0 Å². The Morgan fingerprint density at radius 3 is 2.43 bits per heavy atom. The molecule has 0 aliphatic heterocycles. The molecule has 0 aliphatic rings. The summed E-state index contributed by atoms with van der Waals surface area (Å²) in [6, 6.07) is 8.10. The van der Waals surface area contributed by atoms with Crippen molar-refractivity contribution in [1.29, 1.82) is 0 Å². The van der Waals surface area contributed by atoms with Crippen LogP contribution in [0, 0.1) is 5.92 Å². The quantitative estimate of drug-likeness (QED) is 0.767. The van der Waals surface area contributed by atoms with E-state index in [2.05, 4.69) is 26.8 Å². The van der Waals surface area contributed by atoms with E-state index in [-0.39, 0.29) is 0 Å². The molecule has 1 rings (SSSR count). The minimum absolute atomic E-state index is 0.689. The van der Waals surface area contributed by atoms with Crippen LogP contribution >= 0.6 is 11.8 Å². The lowest BCUT2D eigenvalue weighted by molar-refractivity contribution is 0.642. The maximum absolute atomic E-state index is 5.87. The number of thioether (sulfide) groups is 1. The van der Waals surface area contributed by atoms with Crippen LogP contribution in [0.2, 0.25) is 0 Å². The van der Waals surface area contributed by atoms with E-state index in [1.54, 1.807) is 0 Å². The average Bonchev–Trinajstić information content (AvgIpc) is 2.16. The number of hydrogen-bond acceptors (Lipinski definition) is 2. The minimum Gasteiger partial charge on any atom is -0.398 e. The van der Waals surface area contributed by atoms with Crippen molar-refractivity contribution in [3.05, 3.63) is 29.8 Å². The minimum atomic E-state index is 0.689. The van der Waals surface area contributed by atoms with Gasteiger partial charge in [0.25, 0.3) is 0 Å². The predicted octanol–water partition coefficient (Wildman–Crippen LogP) is 3.55. The van der Waals surface area contributed by atoms with E-state index < -0.39 is 0 Å². The predicted molar refractivity (Wildman–Crippen MR) is 66.4 cm³/mol. The molecule has 1 nitrogen and oxygen atoms in total. The van der Waals surface area contributed by atoms with Gasteiger partial charge in [-0.05, 0) is 17.5 Å². The van der Waals surface area contributed by atoms with E-state index in [4.69, 9.17) is 5.73 Å². The standard InChI is InChI=1S/C12H19NS/c1-9(2)10(3)14-8-11-6-4-5-7-12(11)13/h4-7,9-10H,8,13H2,1-3H3. The molecular weight excluding hydrogens is 190 g/mol. The molecule has 2 N–H and O–H groups in total. The largest absolute Gasteiger partial charge is 0.398 e. The third-order valence-corrected chi connectivity index (χ3v) is 4.04. The summed E-state index contributed by atoms with van der Waals surface area (Å²) in [7, 11) is 0. The Morgan fingerprint density at radius 2 is 1.86 bits per heavy atom. The first-order valence-corrected chi connectivity index (χ1v) is 6.11. The van der Waals surface area contributed by atoms with Crippen LogP contribution < -0.4 is 5.73 Å². The van der Waals surface area contributed by atoms with Crippen molar-refractivity contribution in [2.24, 2.45) is 5.92 Å². The summed E-state index contributed by atoms with van der Waals surface area (Å²) in [6.07, 6.45) is 0. The summed E-state index contributed by atoms with van der Waals surface area (Å²) in [5.41, 5.74) is 8.04. The van der Waals surface area contributed by atoms with Gasteiger partial charge in [-0.3, -0.25) is 0 Å². The highest BCUT2D eigenvalue weighted by atomic mass is 32.2. The fraction of sp³-hybridized carbons (Fsp3) is 0.500. The lowest BCUT2D eigenvalue weighted by Gasteiger charge is -2.15. The monoisotopic (exact) mass is 209 g/mol. The van der Waals surface area contributed by atoms with Gasteiger partial charge >= 0.3 is 0 Å². The highest BCUT2D eigenvalue weighted by Gasteiger charge is 2.08. The summed E-state index contributed by atoms with van der Waals surface area (Å²) < 4.78 is 0. The topological polar surface area (TPSA) is 26.0 Å². The van der Waals surface area contributed by atoms with E-state index >= 15 is 0 Å². The summed E-state index contributed by atoms with van der Waals surface area (Å²) >= 11 is 1.97. The third-order valence-electron chi connectivity index (χ3n) is 2.50. The van der Waals surface area contributed by atoms with E-state index in [9.17, 15) is 0 Å². The maximum atomic E-state index is 5.87. The van der Waals surface area contributed by atoms with Crippen LogP contribution in [0.5, 0.6) is 0 Å². The van der Waals surface area contributed by atoms with Gasteiger partial charge in [-0.2, -0.15) is 11.8 Å². The molecule has 14 heavy (non-hydrogen) atoms. The van der Waals surface area contributed by atoms with Crippen LogP contribution in [-0.4, -0.2) is 5.25 Å². The van der Waals surface area contributed by atoms with Crippen molar-refractivity contribution in [2.45, 2.75) is 31.8 Å². The van der Waals surface area contributed by atoms with Gasteiger partial charge in [0.05, 0.1) is 0 Å². The Balaban J connectivity index is 2.50. The lowest BCUT2D eigenvalue weighted by atomic mass is 10.2. The van der Waals surface area contributed by atoms with E-state index in [1.165, 1.54) is 5.56 Å². The number of rotatable bonds is 4. The van der Waals surface area contributed by atoms with Crippen LogP contribution in [0.25, 0.3) is 0 Å². The molecule has 0 radical (unpaired) electrons. The van der Waals surface area contributed by atoms with Gasteiger partial charge in [-0.25, -0.2) is 0 Å². The summed E-state index contributed by atoms with van der Waals surface area (Å²) in [6.45, 7) is 6.78. The molecule has 0 saturated carbocycles. The van der Waals surface area contributed by atoms with Gasteiger partial charge < -0.3 is 5.73 Å². The number of para-hydroxylation sites is 1. The van der Waals surface area contributed by atoms with Gasteiger partial charge in [-0.1, -0.05) is 39.0 Å². The van der Waals surface area contributed by atoms with Crippen molar-refractivity contribution in [1.82, 2.24) is 0 Å². The summed E-state index contributed by atoms with van der Waals surface area (Å²) in [5, 5.41) is 0.689. The average molecular weight is 209 g/mol. The Bertz CT molecular complexity index is 283. The normalized spacial score (nSPS) is 13.1. The molecule has 0 bridgehead atoms. The third kappa shape index (κ3) is 3.26. The zero-order valence-corrected chi connectivity index (χ0v) is 9.97. The fourth-order valence-electron chi connectivity index (χ4n) is 1.08. The van der Waals surface area contributed by atoms with Crippen molar-refractivity contribution in [2.75, 3.05) is 5.73 Å². The van der Waals surface area contributed by atoms with Crippen LogP contribution in [0.15, 0.2) is 24.3 Å². The van der Waals surface area contributed by atoms with Crippen LogP contribution in [0.1, 0.15) is 26.3 Å². The molecule has 0 aromatic heterocycles. The fourth-order valence-corrected chi connectivity index (χ4v) is 2.17. The van der Waals surface area contributed by atoms with Gasteiger partial charge in [-0.15, -0.1) is 0 Å². The zero-order chi connectivity index (χ0) is 10.6.